The highest BCUT2D eigenvalue weighted by Crippen LogP contribution is 2.40. The van der Waals surface area contributed by atoms with Gasteiger partial charge < -0.3 is 15.2 Å². The van der Waals surface area contributed by atoms with E-state index < -0.39 is 22.1 Å². The highest BCUT2D eigenvalue weighted by Gasteiger charge is 2.42. The van der Waals surface area contributed by atoms with E-state index in [1.165, 1.54) is 10.6 Å². The molecular weight excluding hydrogens is 486 g/mol. The summed E-state index contributed by atoms with van der Waals surface area (Å²) in [6.07, 6.45) is 3.32. The van der Waals surface area contributed by atoms with Crippen molar-refractivity contribution in [3.05, 3.63) is 78.2 Å². The van der Waals surface area contributed by atoms with Gasteiger partial charge in [0.25, 0.3) is 0 Å². The fourth-order valence-electron chi connectivity index (χ4n) is 5.13. The number of amides is 1. The van der Waals surface area contributed by atoms with Crippen LogP contribution in [0.3, 0.4) is 0 Å². The smallest absolute Gasteiger partial charge is 0.224 e. The summed E-state index contributed by atoms with van der Waals surface area (Å²) in [6, 6.07) is 19.2. The molecule has 0 unspecified atom stereocenters. The van der Waals surface area contributed by atoms with Crippen LogP contribution in [0.1, 0.15) is 44.6 Å². The maximum Gasteiger partial charge on any atom is 0.224 e. The lowest BCUT2D eigenvalue weighted by atomic mass is 9.84. The minimum Gasteiger partial charge on any atom is -0.330 e. The Hall–Kier alpha value is -3.01. The van der Waals surface area contributed by atoms with Gasteiger partial charge in [0.1, 0.15) is 5.82 Å². The number of aromatic nitrogens is 2. The topological polar surface area (TPSA) is 102 Å². The third kappa shape index (κ3) is 6.11. The van der Waals surface area contributed by atoms with Gasteiger partial charge in [-0.1, -0.05) is 81.4 Å². The van der Waals surface area contributed by atoms with Crippen molar-refractivity contribution in [2.75, 3.05) is 25.9 Å². The average molecular weight is 524 g/mol. The fraction of sp³-hybridized carbons (Fsp3) is 0.429. The Bertz CT molecular complexity index is 1320. The van der Waals surface area contributed by atoms with Crippen LogP contribution < -0.4 is 5.73 Å². The number of carbonyl (C=O) groups excluding carboxylic acids is 1. The summed E-state index contributed by atoms with van der Waals surface area (Å²) in [4.78, 5) is 20.5. The van der Waals surface area contributed by atoms with Gasteiger partial charge in [0.2, 0.25) is 15.9 Å². The van der Waals surface area contributed by atoms with Gasteiger partial charge in [0.05, 0.1) is 24.0 Å². The SMILES string of the molecule is CC(C)(C)[C@H](c1nc(-c2ccccc2)cn1Cc1ccccc1)N1C[C@@H](CN)N(S(C)(=O)=O)CCC1=O. The van der Waals surface area contributed by atoms with E-state index in [-0.39, 0.29) is 37.4 Å². The summed E-state index contributed by atoms with van der Waals surface area (Å²) >= 11 is 0. The van der Waals surface area contributed by atoms with Gasteiger partial charge in [-0.2, -0.15) is 4.31 Å². The second-order valence-electron chi connectivity index (χ2n) is 10.8. The van der Waals surface area contributed by atoms with E-state index in [1.54, 1.807) is 4.90 Å². The first kappa shape index (κ1) is 27.0. The minimum absolute atomic E-state index is 0.0972. The molecule has 8 nitrogen and oxygen atoms in total. The number of hydrogen-bond acceptors (Lipinski definition) is 5. The molecule has 3 aromatic rings. The van der Waals surface area contributed by atoms with Crippen molar-refractivity contribution in [3.8, 4) is 11.3 Å². The molecule has 2 atom stereocenters. The Morgan fingerprint density at radius 3 is 2.24 bits per heavy atom. The molecule has 0 bridgehead atoms. The number of sulfonamides is 1. The van der Waals surface area contributed by atoms with E-state index in [1.807, 2.05) is 54.7 Å². The molecule has 0 saturated carbocycles. The Balaban J connectivity index is 1.83. The Kier molecular flexibility index (Phi) is 7.87. The number of rotatable bonds is 7. The van der Waals surface area contributed by atoms with Crippen LogP contribution in [0.15, 0.2) is 66.9 Å². The standard InChI is InChI=1S/C28H37N5O3S/c1-28(2,3)26(32-19-23(17-29)33(37(4,35)36)16-15-25(32)34)27-30-24(22-13-9-6-10-14-22)20-31(27)18-21-11-7-5-8-12-21/h5-14,20,23,26H,15-19,29H2,1-4H3/t23-,26+/m1/s1. The highest BCUT2D eigenvalue weighted by molar-refractivity contribution is 7.88. The van der Waals surface area contributed by atoms with Crippen LogP contribution in [0.2, 0.25) is 0 Å². The molecule has 1 fully saturated rings. The molecule has 1 aliphatic heterocycles. The van der Waals surface area contributed by atoms with E-state index >= 15 is 0 Å². The lowest BCUT2D eigenvalue weighted by Gasteiger charge is -2.41. The van der Waals surface area contributed by atoms with Crippen LogP contribution in [-0.4, -0.2) is 65.0 Å². The van der Waals surface area contributed by atoms with Crippen LogP contribution in [0.25, 0.3) is 11.3 Å². The average Bonchev–Trinajstić information content (AvgIpc) is 3.16. The van der Waals surface area contributed by atoms with Crippen LogP contribution in [-0.2, 0) is 21.4 Å². The van der Waals surface area contributed by atoms with E-state index in [4.69, 9.17) is 10.7 Å². The molecule has 0 aliphatic carbocycles. The molecule has 198 valence electrons. The first-order valence-corrected chi connectivity index (χ1v) is 14.5. The summed E-state index contributed by atoms with van der Waals surface area (Å²) in [7, 11) is -3.51. The maximum absolute atomic E-state index is 13.6. The first-order chi connectivity index (χ1) is 17.5. The van der Waals surface area contributed by atoms with Gasteiger partial charge >= 0.3 is 0 Å². The largest absolute Gasteiger partial charge is 0.330 e. The Morgan fingerprint density at radius 1 is 1.05 bits per heavy atom. The number of nitrogens with two attached hydrogens (primary N) is 1. The molecule has 0 spiro atoms. The van der Waals surface area contributed by atoms with E-state index in [0.29, 0.717) is 6.54 Å². The Labute approximate surface area is 220 Å². The molecule has 1 aromatic heterocycles. The summed E-state index contributed by atoms with van der Waals surface area (Å²) in [5.74, 6) is 0.673. The first-order valence-electron chi connectivity index (χ1n) is 12.6. The lowest BCUT2D eigenvalue weighted by molar-refractivity contribution is -0.135. The quantitative estimate of drug-likeness (QED) is 0.511. The predicted octanol–water partition coefficient (Wildman–Crippen LogP) is 3.51. The lowest BCUT2D eigenvalue weighted by Crippen LogP contribution is -2.50. The van der Waals surface area contributed by atoms with E-state index in [0.717, 1.165) is 22.6 Å². The van der Waals surface area contributed by atoms with Crippen molar-refractivity contribution < 1.29 is 13.2 Å². The molecule has 2 aromatic carbocycles. The van der Waals surface area contributed by atoms with Crippen LogP contribution >= 0.6 is 0 Å². The molecule has 4 rings (SSSR count). The second kappa shape index (κ2) is 10.8. The summed E-state index contributed by atoms with van der Waals surface area (Å²) in [6.45, 7) is 7.33. The van der Waals surface area contributed by atoms with Crippen molar-refractivity contribution >= 4 is 15.9 Å². The number of carbonyl (C=O) groups is 1. The zero-order valence-corrected chi connectivity index (χ0v) is 22.9. The molecule has 1 saturated heterocycles. The normalized spacial score (nSPS) is 18.6. The molecule has 1 aliphatic rings. The summed E-state index contributed by atoms with van der Waals surface area (Å²) in [5.41, 5.74) is 8.62. The van der Waals surface area contributed by atoms with Crippen LogP contribution in [0, 0.1) is 5.41 Å². The molecule has 2 heterocycles. The molecular formula is C28H37N5O3S. The van der Waals surface area contributed by atoms with Gasteiger partial charge in [0, 0.05) is 44.4 Å². The maximum atomic E-state index is 13.6. The predicted molar refractivity (Wildman–Crippen MR) is 146 cm³/mol. The number of benzene rings is 2. The van der Waals surface area contributed by atoms with Gasteiger partial charge in [-0.15, -0.1) is 0 Å². The van der Waals surface area contributed by atoms with Crippen LogP contribution in [0.4, 0.5) is 0 Å². The number of nitrogens with zero attached hydrogens (tertiary/aromatic N) is 4. The van der Waals surface area contributed by atoms with Gasteiger partial charge in [-0.25, -0.2) is 13.4 Å². The van der Waals surface area contributed by atoms with Crippen molar-refractivity contribution in [3.63, 3.8) is 0 Å². The van der Waals surface area contributed by atoms with Crippen molar-refractivity contribution in [1.29, 1.82) is 0 Å². The zero-order valence-electron chi connectivity index (χ0n) is 22.0. The molecule has 2 N–H and O–H groups in total. The molecule has 37 heavy (non-hydrogen) atoms. The Morgan fingerprint density at radius 2 is 1.68 bits per heavy atom. The van der Waals surface area contributed by atoms with Gasteiger partial charge in [-0.05, 0) is 11.0 Å². The monoisotopic (exact) mass is 523 g/mol. The zero-order chi connectivity index (χ0) is 26.8. The molecule has 1 amide bonds. The van der Waals surface area contributed by atoms with Crippen molar-refractivity contribution in [1.82, 2.24) is 18.8 Å². The summed E-state index contributed by atoms with van der Waals surface area (Å²) in [5, 5.41) is 0. The second-order valence-corrected chi connectivity index (χ2v) is 12.7. The van der Waals surface area contributed by atoms with E-state index in [2.05, 4.69) is 37.5 Å². The minimum atomic E-state index is -3.51. The van der Waals surface area contributed by atoms with Gasteiger partial charge in [-0.3, -0.25) is 4.79 Å². The third-order valence-electron chi connectivity index (χ3n) is 6.83. The van der Waals surface area contributed by atoms with Crippen LogP contribution in [0.5, 0.6) is 0 Å². The summed E-state index contributed by atoms with van der Waals surface area (Å²) < 4.78 is 28.5. The van der Waals surface area contributed by atoms with Crippen molar-refractivity contribution in [2.24, 2.45) is 11.1 Å². The highest BCUT2D eigenvalue weighted by atomic mass is 32.2. The molecule has 0 radical (unpaired) electrons. The fourth-order valence-corrected chi connectivity index (χ4v) is 6.24. The number of hydrogen-bond donors (Lipinski definition) is 1. The molecule has 9 heteroatoms. The van der Waals surface area contributed by atoms with Crippen molar-refractivity contribution in [2.45, 2.75) is 45.8 Å². The van der Waals surface area contributed by atoms with E-state index in [9.17, 15) is 13.2 Å². The third-order valence-corrected chi connectivity index (χ3v) is 8.16. The number of imidazole rings is 1. The van der Waals surface area contributed by atoms with Gasteiger partial charge in [0.15, 0.2) is 0 Å².